The van der Waals surface area contributed by atoms with E-state index in [1.165, 1.54) is 7.11 Å². The number of carbonyl (C=O) groups is 3. The molecule has 4 aliphatic rings. The van der Waals surface area contributed by atoms with Gasteiger partial charge in [-0.25, -0.2) is 4.79 Å². The van der Waals surface area contributed by atoms with Crippen molar-refractivity contribution < 1.29 is 29.0 Å². The number of carbonyl (C=O) groups excluding carboxylic acids is 3. The van der Waals surface area contributed by atoms with Crippen molar-refractivity contribution in [3.8, 4) is 0 Å². The number of Topliss-reactive ketones (excluding diaryl/α,β-unsaturated/α-hetero) is 1. The zero-order valence-electron chi connectivity index (χ0n) is 13.2. The molecule has 0 bridgehead atoms. The topological polar surface area (TPSA) is 122 Å². The van der Waals surface area contributed by atoms with Crippen LogP contribution in [0.2, 0.25) is 0 Å². The molecule has 3 heterocycles. The van der Waals surface area contributed by atoms with Crippen LogP contribution in [0.4, 0.5) is 4.79 Å². The highest BCUT2D eigenvalue weighted by Gasteiger charge is 2.74. The summed E-state index contributed by atoms with van der Waals surface area (Å²) in [6.45, 7) is 0.146. The van der Waals surface area contributed by atoms with Crippen LogP contribution >= 0.6 is 0 Å². The van der Waals surface area contributed by atoms with E-state index in [2.05, 4.69) is 0 Å². The largest absolute Gasteiger partial charge is 0.493 e. The van der Waals surface area contributed by atoms with E-state index in [4.69, 9.17) is 15.2 Å². The number of hydrogen-bond acceptors (Lipinski definition) is 8. The van der Waals surface area contributed by atoms with Gasteiger partial charge in [-0.05, 0) is 7.05 Å². The van der Waals surface area contributed by atoms with Crippen LogP contribution in [-0.4, -0.2) is 77.7 Å². The third-order valence-corrected chi connectivity index (χ3v) is 5.44. The zero-order valence-corrected chi connectivity index (χ0v) is 13.2. The van der Waals surface area contributed by atoms with Gasteiger partial charge in [0, 0.05) is 24.2 Å². The molecular weight excluding hydrogens is 318 g/mol. The van der Waals surface area contributed by atoms with Crippen molar-refractivity contribution in [1.29, 1.82) is 0 Å². The van der Waals surface area contributed by atoms with Crippen molar-refractivity contribution in [1.82, 2.24) is 9.80 Å². The number of hydrogen-bond donors (Lipinski definition) is 2. The van der Waals surface area contributed by atoms with E-state index in [1.54, 1.807) is 4.90 Å². The third kappa shape index (κ3) is 1.63. The second-order valence-electron chi connectivity index (χ2n) is 6.42. The predicted octanol–water partition coefficient (Wildman–Crippen LogP) is -1.67. The molecule has 128 valence electrons. The van der Waals surface area contributed by atoms with Crippen LogP contribution in [0.3, 0.4) is 0 Å². The minimum absolute atomic E-state index is 0.0895. The quantitative estimate of drug-likeness (QED) is 0.464. The average Bonchev–Trinajstić information content (AvgIpc) is 2.93. The van der Waals surface area contributed by atoms with E-state index in [9.17, 15) is 19.5 Å². The van der Waals surface area contributed by atoms with Crippen LogP contribution < -0.4 is 5.73 Å². The van der Waals surface area contributed by atoms with Crippen LogP contribution in [0.1, 0.15) is 0 Å². The number of rotatable bonds is 3. The molecule has 2 saturated heterocycles. The van der Waals surface area contributed by atoms with Gasteiger partial charge in [-0.15, -0.1) is 0 Å². The molecule has 9 heteroatoms. The summed E-state index contributed by atoms with van der Waals surface area (Å²) in [5.41, 5.74) is 3.85. The lowest BCUT2D eigenvalue weighted by Crippen LogP contribution is -2.53. The minimum atomic E-state index is -1.48. The second-order valence-corrected chi connectivity index (χ2v) is 6.42. The second kappa shape index (κ2) is 4.58. The average molecular weight is 335 g/mol. The third-order valence-electron chi connectivity index (χ3n) is 5.44. The number of aliphatic hydroxyl groups is 1. The van der Waals surface area contributed by atoms with E-state index in [0.717, 1.165) is 6.08 Å². The summed E-state index contributed by atoms with van der Waals surface area (Å²) in [5.74, 6) is -1.83. The molecule has 0 spiro atoms. The highest BCUT2D eigenvalue weighted by atomic mass is 16.5. The Kier molecular flexibility index (Phi) is 2.89. The van der Waals surface area contributed by atoms with Crippen LogP contribution in [0.25, 0.3) is 0 Å². The summed E-state index contributed by atoms with van der Waals surface area (Å²) in [5, 5.41) is 11.4. The lowest BCUT2D eigenvalue weighted by Gasteiger charge is -2.37. The monoisotopic (exact) mass is 335 g/mol. The van der Waals surface area contributed by atoms with Crippen molar-refractivity contribution in [2.24, 2.45) is 11.7 Å². The SMILES string of the molecule is COC1=CC(=O)C2=C(C1=O)[C@H](COC(N)=O)[C@@]1(O)[C@@H]3[C@H](CN21)N3C. The predicted molar refractivity (Wildman–Crippen MR) is 78.2 cm³/mol. The Morgan fingerprint density at radius 1 is 1.50 bits per heavy atom. The summed E-state index contributed by atoms with van der Waals surface area (Å²) in [4.78, 5) is 39.7. The minimum Gasteiger partial charge on any atom is -0.493 e. The molecule has 2 fully saturated rings. The van der Waals surface area contributed by atoms with Crippen molar-refractivity contribution in [3.05, 3.63) is 23.1 Å². The lowest BCUT2D eigenvalue weighted by atomic mass is 9.84. The van der Waals surface area contributed by atoms with Gasteiger partial charge in [0.2, 0.25) is 11.6 Å². The molecule has 0 aromatic rings. The Morgan fingerprint density at radius 2 is 2.21 bits per heavy atom. The van der Waals surface area contributed by atoms with E-state index < -0.39 is 29.3 Å². The number of likely N-dealkylation sites (N-methyl/N-ethyl adjacent to an activating group) is 1. The summed E-state index contributed by atoms with van der Waals surface area (Å²) in [7, 11) is 3.16. The maximum Gasteiger partial charge on any atom is 0.404 e. The highest BCUT2D eigenvalue weighted by Crippen LogP contribution is 2.57. The van der Waals surface area contributed by atoms with Crippen LogP contribution in [0.5, 0.6) is 0 Å². The van der Waals surface area contributed by atoms with Gasteiger partial charge in [0.05, 0.1) is 24.8 Å². The zero-order chi connectivity index (χ0) is 17.4. The first-order valence-electron chi connectivity index (χ1n) is 7.55. The molecule has 1 unspecified atom stereocenters. The lowest BCUT2D eigenvalue weighted by molar-refractivity contribution is -0.126. The Labute approximate surface area is 137 Å². The van der Waals surface area contributed by atoms with Crippen molar-refractivity contribution >= 4 is 17.7 Å². The van der Waals surface area contributed by atoms with Gasteiger partial charge in [-0.3, -0.25) is 14.5 Å². The fourth-order valence-corrected chi connectivity index (χ4v) is 4.34. The first-order valence-corrected chi connectivity index (χ1v) is 7.55. The highest BCUT2D eigenvalue weighted by molar-refractivity contribution is 6.22. The number of nitrogens with two attached hydrogens (primary N) is 1. The molecule has 4 rings (SSSR count). The standard InChI is InChI=1S/C15H17N3O6/c1-17-7-4-18-11-8(19)3-9(23-2)12(20)10(11)6(5-24-14(16)21)15(18,22)13(7)17/h3,6-7,13,22H,4-5H2,1-2H3,(H2,16,21)/t6-,7-,13-,15+,17?/m0/s1. The number of piperazine rings is 1. The number of allylic oxidation sites excluding steroid dienone is 2. The van der Waals surface area contributed by atoms with Crippen molar-refractivity contribution in [2.75, 3.05) is 27.3 Å². The normalized spacial score (nSPS) is 39.3. The Hall–Kier alpha value is -2.39. The van der Waals surface area contributed by atoms with Crippen LogP contribution in [-0.2, 0) is 19.1 Å². The molecule has 0 saturated carbocycles. The fourth-order valence-electron chi connectivity index (χ4n) is 4.34. The van der Waals surface area contributed by atoms with Gasteiger partial charge in [-0.2, -0.15) is 0 Å². The summed E-state index contributed by atoms with van der Waals surface area (Å²) >= 11 is 0. The van der Waals surface area contributed by atoms with E-state index in [0.29, 0.717) is 6.54 Å². The molecule has 1 amide bonds. The molecule has 3 aliphatic heterocycles. The molecule has 0 aromatic carbocycles. The van der Waals surface area contributed by atoms with Crippen molar-refractivity contribution in [3.63, 3.8) is 0 Å². The van der Waals surface area contributed by atoms with Gasteiger partial charge in [0.15, 0.2) is 11.5 Å². The fraction of sp³-hybridized carbons (Fsp3) is 0.533. The maximum absolute atomic E-state index is 12.7. The molecule has 24 heavy (non-hydrogen) atoms. The van der Waals surface area contributed by atoms with E-state index in [1.807, 2.05) is 11.9 Å². The van der Waals surface area contributed by atoms with Crippen LogP contribution in [0.15, 0.2) is 23.1 Å². The summed E-state index contributed by atoms with van der Waals surface area (Å²) in [6, 6.07) is -0.146. The number of ether oxygens (including phenoxy) is 2. The van der Waals surface area contributed by atoms with Crippen molar-refractivity contribution in [2.45, 2.75) is 17.8 Å². The first-order chi connectivity index (χ1) is 11.3. The van der Waals surface area contributed by atoms with E-state index in [-0.39, 0.29) is 35.7 Å². The molecular formula is C15H17N3O6. The Bertz CT molecular complexity index is 743. The smallest absolute Gasteiger partial charge is 0.404 e. The van der Waals surface area contributed by atoms with Gasteiger partial charge < -0.3 is 25.2 Å². The van der Waals surface area contributed by atoms with Gasteiger partial charge in [-0.1, -0.05) is 0 Å². The van der Waals surface area contributed by atoms with Gasteiger partial charge in [0.1, 0.15) is 6.61 Å². The van der Waals surface area contributed by atoms with Gasteiger partial charge in [0.25, 0.3) is 0 Å². The number of ketones is 2. The molecule has 9 nitrogen and oxygen atoms in total. The molecule has 0 aromatic heterocycles. The Morgan fingerprint density at radius 3 is 2.83 bits per heavy atom. The van der Waals surface area contributed by atoms with E-state index >= 15 is 0 Å². The van der Waals surface area contributed by atoms with Gasteiger partial charge >= 0.3 is 6.09 Å². The maximum atomic E-state index is 12.7. The molecule has 3 N–H and O–H groups in total. The van der Waals surface area contributed by atoms with Crippen LogP contribution in [0, 0.1) is 5.92 Å². The summed E-state index contributed by atoms with van der Waals surface area (Å²) in [6.07, 6.45) is 0.127. The first kappa shape index (κ1) is 15.2. The number of primary amides is 1. The molecule has 1 aliphatic carbocycles. The number of nitrogens with zero attached hydrogens (tertiary/aromatic N) is 2. The number of amides is 1. The number of methoxy groups -OCH3 is 1. The molecule has 0 radical (unpaired) electrons. The Balaban J connectivity index is 1.79. The molecule has 5 atom stereocenters. The number of fused-ring (bicyclic) bond motifs is 4. The summed E-state index contributed by atoms with van der Waals surface area (Å²) < 4.78 is 9.86.